The molecule has 1 aromatic heterocycles. The minimum atomic E-state index is -0.188. The number of hydrogen-bond donors (Lipinski definition) is 1. The molecule has 1 N–H and O–H groups in total. The third kappa shape index (κ3) is 3.56. The maximum Gasteiger partial charge on any atom is 0.123 e. The molecule has 0 saturated heterocycles. The minimum absolute atomic E-state index is 0.188. The fraction of sp³-hybridized carbons (Fsp3) is 0.294. The summed E-state index contributed by atoms with van der Waals surface area (Å²) in [6, 6.07) is 11.7. The quantitative estimate of drug-likeness (QED) is 0.839. The lowest BCUT2D eigenvalue weighted by molar-refractivity contribution is 0.628. The highest BCUT2D eigenvalue weighted by Gasteiger charge is 2.19. The van der Waals surface area contributed by atoms with Crippen LogP contribution in [0.3, 0.4) is 0 Å². The predicted molar refractivity (Wildman–Crippen MR) is 84.4 cm³/mol. The molecular weight excluding hydrogens is 269 g/mol. The summed E-state index contributed by atoms with van der Waals surface area (Å²) in [4.78, 5) is 2.43. The van der Waals surface area contributed by atoms with E-state index in [9.17, 15) is 4.39 Å². The summed E-state index contributed by atoms with van der Waals surface area (Å²) in [6.45, 7) is 3.13. The first-order valence-electron chi connectivity index (χ1n) is 6.97. The Morgan fingerprint density at radius 2 is 2.00 bits per heavy atom. The van der Waals surface area contributed by atoms with Crippen LogP contribution < -0.4 is 5.32 Å². The second-order valence-corrected chi connectivity index (χ2v) is 6.47. The van der Waals surface area contributed by atoms with Crippen molar-refractivity contribution in [3.63, 3.8) is 0 Å². The molecule has 0 aliphatic heterocycles. The maximum absolute atomic E-state index is 12.9. The van der Waals surface area contributed by atoms with Gasteiger partial charge in [0.15, 0.2) is 0 Å². The normalized spacial score (nSPS) is 15.6. The molecule has 104 valence electrons. The van der Waals surface area contributed by atoms with Crippen LogP contribution in [0.5, 0.6) is 0 Å². The molecule has 1 nitrogen and oxygen atoms in total. The lowest BCUT2D eigenvalue weighted by atomic mass is 10.2. The van der Waals surface area contributed by atoms with Gasteiger partial charge in [0.1, 0.15) is 5.82 Å². The van der Waals surface area contributed by atoms with Crippen LogP contribution in [0.2, 0.25) is 0 Å². The van der Waals surface area contributed by atoms with Gasteiger partial charge < -0.3 is 5.32 Å². The molecule has 1 aliphatic rings. The Bertz CT molecular complexity index is 608. The van der Waals surface area contributed by atoms with Crippen molar-refractivity contribution in [2.24, 2.45) is 0 Å². The molecule has 1 heterocycles. The van der Waals surface area contributed by atoms with Crippen LogP contribution in [-0.2, 0) is 0 Å². The zero-order chi connectivity index (χ0) is 13.9. The lowest BCUT2D eigenvalue weighted by Crippen LogP contribution is -2.18. The highest BCUT2D eigenvalue weighted by molar-refractivity contribution is 7.16. The summed E-state index contributed by atoms with van der Waals surface area (Å²) in [5.74, 6) is -0.188. The van der Waals surface area contributed by atoms with Gasteiger partial charge in [-0.25, -0.2) is 4.39 Å². The van der Waals surface area contributed by atoms with Gasteiger partial charge in [-0.05, 0) is 55.7 Å². The van der Waals surface area contributed by atoms with Crippen LogP contribution in [0.15, 0.2) is 42.0 Å². The van der Waals surface area contributed by atoms with Crippen molar-refractivity contribution < 1.29 is 4.39 Å². The molecule has 2 aromatic rings. The summed E-state index contributed by atoms with van der Waals surface area (Å²) in [5.41, 5.74) is 2.43. The van der Waals surface area contributed by atoms with E-state index in [-0.39, 0.29) is 5.82 Å². The summed E-state index contributed by atoms with van der Waals surface area (Å²) >= 11 is 1.74. The van der Waals surface area contributed by atoms with E-state index in [2.05, 4.69) is 30.4 Å². The van der Waals surface area contributed by atoms with E-state index in [0.29, 0.717) is 0 Å². The van der Waals surface area contributed by atoms with Gasteiger partial charge >= 0.3 is 0 Å². The van der Waals surface area contributed by atoms with E-state index in [0.717, 1.165) is 18.2 Å². The molecule has 0 spiro atoms. The van der Waals surface area contributed by atoms with Crippen LogP contribution in [0.4, 0.5) is 4.39 Å². The molecule has 1 fully saturated rings. The average molecular weight is 287 g/mol. The summed E-state index contributed by atoms with van der Waals surface area (Å²) in [6.07, 6.45) is 4.87. The van der Waals surface area contributed by atoms with E-state index in [1.165, 1.54) is 40.3 Å². The van der Waals surface area contributed by atoms with Crippen LogP contribution in [0.25, 0.3) is 16.5 Å². The van der Waals surface area contributed by atoms with Gasteiger partial charge in [-0.2, -0.15) is 0 Å². The Morgan fingerprint density at radius 1 is 1.25 bits per heavy atom. The van der Waals surface area contributed by atoms with Crippen LogP contribution in [0, 0.1) is 5.82 Å². The number of hydrogen-bond acceptors (Lipinski definition) is 2. The molecule has 1 aromatic carbocycles. The number of thiophene rings is 1. The molecule has 1 saturated carbocycles. The number of nitrogens with one attached hydrogen (secondary N) is 1. The third-order valence-electron chi connectivity index (χ3n) is 3.39. The fourth-order valence-electron chi connectivity index (χ4n) is 2.09. The number of rotatable bonds is 5. The largest absolute Gasteiger partial charge is 0.310 e. The smallest absolute Gasteiger partial charge is 0.123 e. The zero-order valence-corrected chi connectivity index (χ0v) is 12.3. The fourth-order valence-corrected chi connectivity index (χ4v) is 3.13. The molecule has 3 heteroatoms. The highest BCUT2D eigenvalue weighted by Crippen LogP contribution is 2.29. The molecule has 0 bridgehead atoms. The van der Waals surface area contributed by atoms with Gasteiger partial charge in [-0.3, -0.25) is 0 Å². The molecule has 0 radical (unpaired) electrons. The van der Waals surface area contributed by atoms with Gasteiger partial charge in [-0.15, -0.1) is 11.3 Å². The van der Waals surface area contributed by atoms with Crippen LogP contribution in [-0.4, -0.2) is 12.6 Å². The molecule has 20 heavy (non-hydrogen) atoms. The summed E-state index contributed by atoms with van der Waals surface area (Å²) < 4.78 is 12.9. The Morgan fingerprint density at radius 3 is 2.70 bits per heavy atom. The second kappa shape index (κ2) is 5.90. The maximum atomic E-state index is 12.9. The van der Waals surface area contributed by atoms with Crippen molar-refractivity contribution in [3.8, 4) is 10.4 Å². The second-order valence-electron chi connectivity index (χ2n) is 5.35. The third-order valence-corrected chi connectivity index (χ3v) is 4.47. The van der Waals surface area contributed by atoms with Crippen molar-refractivity contribution in [1.82, 2.24) is 5.32 Å². The molecule has 0 atom stereocenters. The van der Waals surface area contributed by atoms with Gasteiger partial charge in [0.2, 0.25) is 0 Å². The summed E-state index contributed by atoms with van der Waals surface area (Å²) in [7, 11) is 0. The van der Waals surface area contributed by atoms with Gasteiger partial charge in [0, 0.05) is 22.3 Å². The predicted octanol–water partition coefficient (Wildman–Crippen LogP) is 4.71. The molecule has 0 unspecified atom stereocenters. The standard InChI is InChI=1S/C17H18FNS/c1-12(11-19-15-6-7-15)10-16-8-9-17(20-16)13-2-4-14(18)5-3-13/h2-5,8-10,15,19H,6-7,11H2,1H3. The molecule has 0 amide bonds. The Hall–Kier alpha value is -1.45. The van der Waals surface area contributed by atoms with Crippen molar-refractivity contribution in [1.29, 1.82) is 0 Å². The first-order valence-corrected chi connectivity index (χ1v) is 7.79. The van der Waals surface area contributed by atoms with E-state index in [4.69, 9.17) is 0 Å². The van der Waals surface area contributed by atoms with Crippen LogP contribution >= 0.6 is 11.3 Å². The van der Waals surface area contributed by atoms with Crippen LogP contribution in [0.1, 0.15) is 24.6 Å². The minimum Gasteiger partial charge on any atom is -0.310 e. The zero-order valence-electron chi connectivity index (χ0n) is 11.5. The van der Waals surface area contributed by atoms with Gasteiger partial charge in [0.25, 0.3) is 0 Å². The number of halogens is 1. The van der Waals surface area contributed by atoms with E-state index < -0.39 is 0 Å². The van der Waals surface area contributed by atoms with Gasteiger partial charge in [-0.1, -0.05) is 17.7 Å². The van der Waals surface area contributed by atoms with E-state index in [1.807, 2.05) is 12.1 Å². The number of benzene rings is 1. The van der Waals surface area contributed by atoms with E-state index in [1.54, 1.807) is 11.3 Å². The first-order chi connectivity index (χ1) is 9.70. The lowest BCUT2D eigenvalue weighted by Gasteiger charge is -2.01. The van der Waals surface area contributed by atoms with Crippen molar-refractivity contribution >= 4 is 17.4 Å². The van der Waals surface area contributed by atoms with Crippen molar-refractivity contribution in [2.45, 2.75) is 25.8 Å². The first kappa shape index (κ1) is 13.5. The Labute approximate surface area is 123 Å². The average Bonchev–Trinajstić information content (AvgIpc) is 3.16. The summed E-state index contributed by atoms with van der Waals surface area (Å²) in [5, 5.41) is 3.52. The van der Waals surface area contributed by atoms with E-state index >= 15 is 0 Å². The van der Waals surface area contributed by atoms with Gasteiger partial charge in [0.05, 0.1) is 0 Å². The van der Waals surface area contributed by atoms with Crippen molar-refractivity contribution in [2.75, 3.05) is 6.54 Å². The Balaban J connectivity index is 1.69. The molecular formula is C17H18FNS. The molecule has 1 aliphatic carbocycles. The highest BCUT2D eigenvalue weighted by atomic mass is 32.1. The Kier molecular flexibility index (Phi) is 3.99. The monoisotopic (exact) mass is 287 g/mol. The SMILES string of the molecule is CC(=Cc1ccc(-c2ccc(F)cc2)s1)CNC1CC1. The van der Waals surface area contributed by atoms with Crippen molar-refractivity contribution in [3.05, 3.63) is 52.7 Å². The topological polar surface area (TPSA) is 12.0 Å². The molecule has 3 rings (SSSR count).